The number of anilines is 2. The highest BCUT2D eigenvalue weighted by Gasteiger charge is 2.31. The fourth-order valence-corrected chi connectivity index (χ4v) is 8.96. The molecule has 0 bridgehead atoms. The minimum atomic E-state index is -0.740. The molecule has 2 N–H and O–H groups in total. The Morgan fingerprint density at radius 3 is 2.28 bits per heavy atom. The molecular formula is C48H57N9O3. The van der Waals surface area contributed by atoms with Gasteiger partial charge in [0.1, 0.15) is 17.7 Å². The number of carbonyl (C=O) groups excluding carboxylic acids is 2. The Morgan fingerprint density at radius 2 is 1.52 bits per heavy atom. The Morgan fingerprint density at radius 1 is 0.783 bits per heavy atom. The Hall–Kier alpha value is -5.88. The van der Waals surface area contributed by atoms with Crippen LogP contribution in [0.2, 0.25) is 0 Å². The summed E-state index contributed by atoms with van der Waals surface area (Å²) >= 11 is 0. The van der Waals surface area contributed by atoms with E-state index in [-0.39, 0.29) is 24.3 Å². The van der Waals surface area contributed by atoms with Crippen molar-refractivity contribution in [1.82, 2.24) is 34.4 Å². The van der Waals surface area contributed by atoms with Crippen LogP contribution >= 0.6 is 0 Å². The van der Waals surface area contributed by atoms with Crippen LogP contribution < -0.4 is 21.1 Å². The van der Waals surface area contributed by atoms with Gasteiger partial charge < -0.3 is 15.1 Å². The van der Waals surface area contributed by atoms with E-state index in [4.69, 9.17) is 10.1 Å². The second-order valence-electron chi connectivity index (χ2n) is 16.3. The topological polar surface area (TPSA) is 130 Å². The molecule has 1 atom stereocenters. The van der Waals surface area contributed by atoms with Crippen LogP contribution in [-0.2, 0) is 16.0 Å². The zero-order valence-corrected chi connectivity index (χ0v) is 35.3. The lowest BCUT2D eigenvalue weighted by molar-refractivity contribution is -0.135. The van der Waals surface area contributed by atoms with Gasteiger partial charge in [0.05, 0.1) is 22.3 Å². The summed E-state index contributed by atoms with van der Waals surface area (Å²) in [4.78, 5) is 52.9. The molecule has 0 radical (unpaired) electrons. The highest BCUT2D eigenvalue weighted by Crippen LogP contribution is 2.34. The van der Waals surface area contributed by atoms with Crippen molar-refractivity contribution < 1.29 is 9.59 Å². The maximum atomic E-state index is 13.7. The summed E-state index contributed by atoms with van der Waals surface area (Å²) in [5.41, 5.74) is 8.67. The third-order valence-corrected chi connectivity index (χ3v) is 12.3. The lowest BCUT2D eigenvalue weighted by Crippen LogP contribution is -2.46. The molecule has 2 amide bonds. The molecule has 0 spiro atoms. The monoisotopic (exact) mass is 807 g/mol. The lowest BCUT2D eigenvalue weighted by atomic mass is 9.99. The molecule has 312 valence electrons. The number of benzene rings is 3. The third kappa shape index (κ3) is 8.84. The Bertz CT molecular complexity index is 2540. The Labute approximate surface area is 352 Å². The van der Waals surface area contributed by atoms with Gasteiger partial charge in [0.25, 0.3) is 5.56 Å². The van der Waals surface area contributed by atoms with Crippen molar-refractivity contribution in [3.63, 3.8) is 0 Å². The number of nitrogens with zero attached hydrogens (tertiary/aromatic N) is 7. The number of piperazine rings is 1. The molecule has 0 aliphatic carbocycles. The summed E-state index contributed by atoms with van der Waals surface area (Å²) in [5.74, 6) is 0.810. The lowest BCUT2D eigenvalue weighted by Gasteiger charge is -2.35. The summed E-state index contributed by atoms with van der Waals surface area (Å²) in [6.07, 6.45) is 9.53. The first kappa shape index (κ1) is 40.9. The highest BCUT2D eigenvalue weighted by molar-refractivity contribution is 6.00. The van der Waals surface area contributed by atoms with Crippen molar-refractivity contribution in [2.24, 2.45) is 0 Å². The van der Waals surface area contributed by atoms with Gasteiger partial charge in [-0.25, -0.2) is 9.97 Å². The van der Waals surface area contributed by atoms with E-state index in [1.807, 2.05) is 18.2 Å². The van der Waals surface area contributed by atoms with Gasteiger partial charge in [0.15, 0.2) is 5.65 Å². The van der Waals surface area contributed by atoms with E-state index in [1.165, 1.54) is 35.0 Å². The van der Waals surface area contributed by atoms with E-state index in [2.05, 4.69) is 104 Å². The number of aryl methyl sites for hydroxylation is 3. The number of carbonyl (C=O) groups is 2. The van der Waals surface area contributed by atoms with Gasteiger partial charge in [0, 0.05) is 62.0 Å². The predicted octanol–water partition coefficient (Wildman–Crippen LogP) is 7.89. The molecule has 0 saturated carbocycles. The second kappa shape index (κ2) is 18.6. The van der Waals surface area contributed by atoms with Crippen LogP contribution in [0.4, 0.5) is 11.5 Å². The number of likely N-dealkylation sites (N-methyl/N-ethyl adjacent to an activating group) is 1. The van der Waals surface area contributed by atoms with Crippen molar-refractivity contribution in [3.8, 4) is 22.4 Å². The number of fused-ring (bicyclic) bond motifs is 2. The van der Waals surface area contributed by atoms with Crippen LogP contribution in [0.15, 0.2) is 83.7 Å². The highest BCUT2D eigenvalue weighted by atomic mass is 16.2. The van der Waals surface area contributed by atoms with Crippen molar-refractivity contribution in [2.75, 3.05) is 49.5 Å². The molecule has 60 heavy (non-hydrogen) atoms. The number of nitrogens with one attached hydrogen (secondary N) is 2. The summed E-state index contributed by atoms with van der Waals surface area (Å²) in [7, 11) is 0. The zero-order chi connectivity index (χ0) is 41.6. The van der Waals surface area contributed by atoms with Crippen LogP contribution in [0, 0.1) is 13.8 Å². The first-order valence-corrected chi connectivity index (χ1v) is 21.9. The van der Waals surface area contributed by atoms with E-state index >= 15 is 0 Å². The number of unbranched alkanes of at least 4 members (excludes halogenated alkanes) is 6. The van der Waals surface area contributed by atoms with Gasteiger partial charge in [-0.05, 0) is 69.3 Å². The summed E-state index contributed by atoms with van der Waals surface area (Å²) in [6.45, 7) is 11.9. The second-order valence-corrected chi connectivity index (χ2v) is 16.3. The van der Waals surface area contributed by atoms with Gasteiger partial charge in [0.2, 0.25) is 11.8 Å². The standard InChI is InChI=1S/C48H57N9O3/c1-4-54-27-29-55(30-28-54)43-32-40(36-19-12-10-13-20-36)51-46-44(33(2)53-57(43)46)37-21-15-18-35(31-37)17-11-8-6-5-7-9-14-26-49-38-22-16-23-39-45(38)48(60)56(34(3)50-39)41-24-25-42(58)52-47(41)59/h10,12-13,15-16,18-23,31-32,41,49H,4-9,11,14,17,24-30H2,1-3H3,(H,52,58,59). The molecule has 8 rings (SSSR count). The number of aromatic nitrogens is 5. The van der Waals surface area contributed by atoms with Crippen molar-refractivity contribution >= 4 is 39.9 Å². The number of rotatable bonds is 16. The van der Waals surface area contributed by atoms with Gasteiger partial charge in [-0.2, -0.15) is 9.61 Å². The third-order valence-electron chi connectivity index (χ3n) is 12.3. The van der Waals surface area contributed by atoms with Gasteiger partial charge >= 0.3 is 0 Å². The Balaban J connectivity index is 0.840. The number of hydrogen-bond donors (Lipinski definition) is 2. The minimum absolute atomic E-state index is 0.201. The zero-order valence-electron chi connectivity index (χ0n) is 35.3. The fraction of sp³-hybridized carbons (Fsp3) is 0.417. The van der Waals surface area contributed by atoms with Gasteiger partial charge in [-0.15, -0.1) is 0 Å². The molecule has 3 aromatic carbocycles. The molecule has 2 saturated heterocycles. The van der Waals surface area contributed by atoms with Crippen molar-refractivity contribution in [3.05, 3.63) is 106 Å². The molecule has 2 fully saturated rings. The Kier molecular flexibility index (Phi) is 12.7. The van der Waals surface area contributed by atoms with Crippen LogP contribution in [-0.4, -0.2) is 80.1 Å². The molecule has 2 aliphatic rings. The molecule has 2 aliphatic heterocycles. The van der Waals surface area contributed by atoms with E-state index in [1.54, 1.807) is 6.92 Å². The summed E-state index contributed by atoms with van der Waals surface area (Å²) < 4.78 is 3.52. The molecule has 1 unspecified atom stereocenters. The minimum Gasteiger partial charge on any atom is -0.384 e. The normalized spacial score (nSPS) is 16.2. The SMILES string of the molecule is CCN1CCN(c2cc(-c3ccccc3)nc3c(-c4cccc(CCCCCCCCCNc5cccc6nc(C)n(C7CCC(=O)NC7=O)c(=O)c56)c4)c(C)nn23)CC1. The van der Waals surface area contributed by atoms with Crippen LogP contribution in [0.5, 0.6) is 0 Å². The summed E-state index contributed by atoms with van der Waals surface area (Å²) in [6, 6.07) is 26.5. The van der Waals surface area contributed by atoms with Gasteiger partial charge in [-0.3, -0.25) is 24.3 Å². The van der Waals surface area contributed by atoms with Crippen LogP contribution in [0.25, 0.3) is 38.9 Å². The number of imide groups is 1. The van der Waals surface area contributed by atoms with Crippen LogP contribution in [0.3, 0.4) is 0 Å². The molecule has 12 heteroatoms. The molecule has 5 heterocycles. The quantitative estimate of drug-likeness (QED) is 0.0741. The van der Waals surface area contributed by atoms with E-state index in [0.29, 0.717) is 16.7 Å². The average molecular weight is 808 g/mol. The molecule has 6 aromatic rings. The maximum Gasteiger partial charge on any atom is 0.264 e. The predicted molar refractivity (Wildman–Crippen MR) is 240 cm³/mol. The number of piperidine rings is 1. The fourth-order valence-electron chi connectivity index (χ4n) is 8.96. The largest absolute Gasteiger partial charge is 0.384 e. The average Bonchev–Trinajstić information content (AvgIpc) is 3.60. The first-order chi connectivity index (χ1) is 29.3. The molecular weight excluding hydrogens is 751 g/mol. The summed E-state index contributed by atoms with van der Waals surface area (Å²) in [5, 5.41) is 11.4. The van der Waals surface area contributed by atoms with E-state index < -0.39 is 11.9 Å². The van der Waals surface area contributed by atoms with Crippen LogP contribution in [0.1, 0.15) is 87.8 Å². The maximum absolute atomic E-state index is 13.7. The molecule has 12 nitrogen and oxygen atoms in total. The van der Waals surface area contributed by atoms with E-state index in [9.17, 15) is 14.4 Å². The first-order valence-electron chi connectivity index (χ1n) is 21.9. The molecule has 3 aromatic heterocycles. The number of hydrogen-bond acceptors (Lipinski definition) is 9. The van der Waals surface area contributed by atoms with Crippen molar-refractivity contribution in [1.29, 1.82) is 0 Å². The van der Waals surface area contributed by atoms with E-state index in [0.717, 1.165) is 111 Å². The number of amides is 2. The smallest absolute Gasteiger partial charge is 0.264 e. The van der Waals surface area contributed by atoms with Crippen molar-refractivity contribution in [2.45, 2.75) is 91.0 Å². The van der Waals surface area contributed by atoms with Gasteiger partial charge in [-0.1, -0.05) is 99.7 Å².